The molecule has 32 heavy (non-hydrogen) atoms. The van der Waals surface area contributed by atoms with E-state index in [9.17, 15) is 18.0 Å². The van der Waals surface area contributed by atoms with Crippen molar-refractivity contribution in [2.24, 2.45) is 5.73 Å². The zero-order valence-electron chi connectivity index (χ0n) is 18.3. The van der Waals surface area contributed by atoms with E-state index in [0.717, 1.165) is 29.9 Å². The summed E-state index contributed by atoms with van der Waals surface area (Å²) in [6.07, 6.45) is 1.72. The number of aliphatic carboxylic acids is 1. The van der Waals surface area contributed by atoms with Crippen LogP contribution < -0.4 is 11.1 Å². The number of amides is 1. The van der Waals surface area contributed by atoms with Gasteiger partial charge in [-0.25, -0.2) is 4.79 Å². The third-order valence-electron chi connectivity index (χ3n) is 5.35. The Morgan fingerprint density at radius 2 is 1.94 bits per heavy atom. The molecule has 3 rings (SSSR count). The molecule has 0 unspecified atom stereocenters. The summed E-state index contributed by atoms with van der Waals surface area (Å²) < 4.78 is 43.5. The number of halogens is 3. The van der Waals surface area contributed by atoms with Crippen molar-refractivity contribution in [3.63, 3.8) is 0 Å². The van der Waals surface area contributed by atoms with Crippen molar-refractivity contribution in [3.05, 3.63) is 23.6 Å². The summed E-state index contributed by atoms with van der Waals surface area (Å²) in [5, 5.41) is 14.3. The quantitative estimate of drug-likeness (QED) is 0.568. The normalized spacial score (nSPS) is 23.2. The van der Waals surface area contributed by atoms with Crippen LogP contribution in [0, 0.1) is 0 Å². The second-order valence-electron chi connectivity index (χ2n) is 8.02. The summed E-state index contributed by atoms with van der Waals surface area (Å²) in [4.78, 5) is 20.5. The smallest absolute Gasteiger partial charge is 0.475 e. The van der Waals surface area contributed by atoms with E-state index in [1.807, 2.05) is 6.07 Å². The first kappa shape index (κ1) is 25.9. The molecule has 0 saturated heterocycles. The van der Waals surface area contributed by atoms with Crippen LogP contribution in [-0.2, 0) is 14.3 Å². The molecule has 1 amide bonds. The van der Waals surface area contributed by atoms with Crippen LogP contribution in [-0.4, -0.2) is 52.6 Å². The van der Waals surface area contributed by atoms with Crippen LogP contribution in [0.4, 0.5) is 13.2 Å². The lowest BCUT2D eigenvalue weighted by Gasteiger charge is -2.36. The highest BCUT2D eigenvalue weighted by atomic mass is 19.4. The molecule has 0 spiro atoms. The van der Waals surface area contributed by atoms with Gasteiger partial charge < -0.3 is 25.4 Å². The van der Waals surface area contributed by atoms with Gasteiger partial charge in [-0.15, -0.1) is 0 Å². The third kappa shape index (κ3) is 7.33. The van der Waals surface area contributed by atoms with Crippen molar-refractivity contribution in [1.29, 1.82) is 0 Å². The number of ether oxygens (including phenoxy) is 1. The Labute approximate surface area is 184 Å². The molecule has 0 bridgehead atoms. The highest BCUT2D eigenvalue weighted by Crippen LogP contribution is 2.41. The number of hydrogen-bond acceptors (Lipinski definition) is 6. The van der Waals surface area contributed by atoms with E-state index < -0.39 is 12.1 Å². The number of alkyl halides is 3. The average molecular weight is 461 g/mol. The number of aromatic nitrogens is 1. The Balaban J connectivity index is 0.000000451. The van der Waals surface area contributed by atoms with Crippen LogP contribution in [0.1, 0.15) is 70.2 Å². The third-order valence-corrected chi connectivity index (χ3v) is 5.35. The Bertz CT molecular complexity index is 816. The van der Waals surface area contributed by atoms with Crippen LogP contribution in [0.5, 0.6) is 0 Å². The topological polar surface area (TPSA) is 128 Å². The Hall–Kier alpha value is -2.40. The number of carbonyl (C=O) groups excluding carboxylic acids is 1. The zero-order valence-corrected chi connectivity index (χ0v) is 18.3. The summed E-state index contributed by atoms with van der Waals surface area (Å²) in [5.41, 5.74) is 8.28. The van der Waals surface area contributed by atoms with Crippen molar-refractivity contribution >= 4 is 17.4 Å². The van der Waals surface area contributed by atoms with Crippen molar-refractivity contribution < 1.29 is 37.1 Å². The Morgan fingerprint density at radius 1 is 1.34 bits per heavy atom. The summed E-state index contributed by atoms with van der Waals surface area (Å²) in [6.45, 7) is 5.72. The predicted octanol–water partition coefficient (Wildman–Crippen LogP) is 3.38. The van der Waals surface area contributed by atoms with Gasteiger partial charge in [0.1, 0.15) is 11.5 Å². The van der Waals surface area contributed by atoms with Crippen LogP contribution in [0.25, 0.3) is 5.57 Å². The van der Waals surface area contributed by atoms with Gasteiger partial charge in [0.25, 0.3) is 0 Å². The lowest BCUT2D eigenvalue weighted by atomic mass is 9.86. The van der Waals surface area contributed by atoms with Gasteiger partial charge in [0.05, 0.1) is 18.2 Å². The van der Waals surface area contributed by atoms with E-state index in [0.29, 0.717) is 12.3 Å². The number of nitrogens with two attached hydrogens (primary N) is 1. The van der Waals surface area contributed by atoms with Crippen LogP contribution in [0.15, 0.2) is 16.7 Å². The first-order valence-electron chi connectivity index (χ1n) is 10.6. The maximum atomic E-state index is 11.6. The fraction of sp³-hybridized carbons (Fsp3) is 0.667. The number of carboxylic acid groups (broad SMARTS) is 1. The van der Waals surface area contributed by atoms with Crippen LogP contribution in [0.2, 0.25) is 0 Å². The molecular formula is C21H30F3N3O5. The molecule has 0 aromatic carbocycles. The van der Waals surface area contributed by atoms with Gasteiger partial charge in [-0.1, -0.05) is 19.0 Å². The maximum Gasteiger partial charge on any atom is 0.490 e. The highest BCUT2D eigenvalue weighted by molar-refractivity contribution is 5.74. The van der Waals surface area contributed by atoms with Crippen LogP contribution in [0.3, 0.4) is 0 Å². The van der Waals surface area contributed by atoms with E-state index in [2.05, 4.69) is 30.4 Å². The summed E-state index contributed by atoms with van der Waals surface area (Å²) in [7, 11) is 0. The lowest BCUT2D eigenvalue weighted by Crippen LogP contribution is -2.56. The van der Waals surface area contributed by atoms with Crippen molar-refractivity contribution in [2.75, 3.05) is 0 Å². The SMILES string of the molecule is CCC(CC)O[C@@H]1C=C(c2cc(C3CC3)on2)C[C@H](N)[C@H]1NC(C)=O.O=C(O)C(F)(F)F. The van der Waals surface area contributed by atoms with Gasteiger partial charge in [-0.2, -0.15) is 13.2 Å². The molecule has 4 N–H and O–H groups in total. The minimum atomic E-state index is -5.08. The van der Waals surface area contributed by atoms with Gasteiger partial charge in [0, 0.05) is 24.9 Å². The molecular weight excluding hydrogens is 431 g/mol. The highest BCUT2D eigenvalue weighted by Gasteiger charge is 2.38. The molecule has 1 saturated carbocycles. The van der Waals surface area contributed by atoms with E-state index >= 15 is 0 Å². The minimum absolute atomic E-state index is 0.0899. The second kappa shape index (κ2) is 11.0. The van der Waals surface area contributed by atoms with Crippen LogP contribution >= 0.6 is 0 Å². The fourth-order valence-corrected chi connectivity index (χ4v) is 3.44. The number of nitrogens with zero attached hydrogens (tertiary/aromatic N) is 1. The molecule has 1 heterocycles. The monoisotopic (exact) mass is 461 g/mol. The molecule has 1 aromatic heterocycles. The molecule has 3 atom stereocenters. The number of carboxylic acids is 1. The van der Waals surface area contributed by atoms with Gasteiger partial charge in [-0.3, -0.25) is 4.79 Å². The van der Waals surface area contributed by atoms with E-state index in [4.69, 9.17) is 24.9 Å². The fourth-order valence-electron chi connectivity index (χ4n) is 3.44. The van der Waals surface area contributed by atoms with Gasteiger partial charge in [0.15, 0.2) is 0 Å². The Morgan fingerprint density at radius 3 is 2.41 bits per heavy atom. The molecule has 1 aromatic rings. The van der Waals surface area contributed by atoms with Crippen molar-refractivity contribution in [1.82, 2.24) is 10.5 Å². The molecule has 0 radical (unpaired) electrons. The van der Waals surface area contributed by atoms with Gasteiger partial charge in [0.2, 0.25) is 5.91 Å². The van der Waals surface area contributed by atoms with E-state index in [1.54, 1.807) is 0 Å². The lowest BCUT2D eigenvalue weighted by molar-refractivity contribution is -0.192. The first-order valence-corrected chi connectivity index (χ1v) is 10.6. The molecule has 8 nitrogen and oxygen atoms in total. The van der Waals surface area contributed by atoms with E-state index in [-0.39, 0.29) is 30.2 Å². The number of hydrogen-bond donors (Lipinski definition) is 3. The molecule has 1 fully saturated rings. The zero-order chi connectivity index (χ0) is 24.1. The van der Waals surface area contributed by atoms with Crippen molar-refractivity contribution in [2.45, 2.75) is 89.3 Å². The predicted molar refractivity (Wildman–Crippen MR) is 110 cm³/mol. The second-order valence-corrected chi connectivity index (χ2v) is 8.02. The van der Waals surface area contributed by atoms with Crippen molar-refractivity contribution in [3.8, 4) is 0 Å². The number of rotatable bonds is 7. The Kier molecular flexibility index (Phi) is 8.85. The largest absolute Gasteiger partial charge is 0.490 e. The molecule has 2 aliphatic carbocycles. The summed E-state index contributed by atoms with van der Waals surface area (Å²) in [5.74, 6) is -1.35. The number of nitrogens with one attached hydrogen (secondary N) is 1. The molecule has 0 aliphatic heterocycles. The molecule has 11 heteroatoms. The average Bonchev–Trinajstić information content (AvgIpc) is 3.44. The first-order chi connectivity index (χ1) is 15.0. The molecule has 2 aliphatic rings. The molecule has 180 valence electrons. The van der Waals surface area contributed by atoms with Gasteiger partial charge in [-0.05, 0) is 43.8 Å². The summed E-state index contributed by atoms with van der Waals surface area (Å²) >= 11 is 0. The van der Waals surface area contributed by atoms with Gasteiger partial charge >= 0.3 is 12.1 Å². The standard InChI is InChI=1S/C19H29N3O3.C2HF3O2/c1-4-14(5-2)24-18-9-13(8-15(20)19(18)21-11(3)23)16-10-17(25-22-16)12-6-7-12;3-2(4,5)1(6)7/h9-10,12,14-15,18-19H,4-8,20H2,1-3H3,(H,21,23);(H,6,7)/t15-,18+,19+;/m0./s1. The summed E-state index contributed by atoms with van der Waals surface area (Å²) in [6, 6.07) is 1.59. The van der Waals surface area contributed by atoms with E-state index in [1.165, 1.54) is 19.8 Å². The minimum Gasteiger partial charge on any atom is -0.475 e. The number of carbonyl (C=O) groups is 2. The maximum absolute atomic E-state index is 11.6.